The van der Waals surface area contributed by atoms with E-state index in [1.165, 1.54) is 6.07 Å². The maximum absolute atomic E-state index is 13.7. The van der Waals surface area contributed by atoms with E-state index in [0.29, 0.717) is 17.0 Å². The SMILES string of the molecule is C=N/C(NC1(C)CC1)=C(\C)C(C(=O)NCc1ccccc1F)=C(C)C. The molecular formula is C20H26FN3O. The maximum Gasteiger partial charge on any atom is 0.251 e. The first-order chi connectivity index (χ1) is 11.8. The maximum atomic E-state index is 13.7. The zero-order valence-corrected chi connectivity index (χ0v) is 15.4. The molecule has 1 aliphatic carbocycles. The van der Waals surface area contributed by atoms with E-state index in [9.17, 15) is 9.18 Å². The Bertz CT molecular complexity index is 741. The van der Waals surface area contributed by atoms with Gasteiger partial charge >= 0.3 is 0 Å². The summed E-state index contributed by atoms with van der Waals surface area (Å²) < 4.78 is 13.7. The highest BCUT2D eigenvalue weighted by molar-refractivity contribution is 5.98. The van der Waals surface area contributed by atoms with Crippen molar-refractivity contribution in [3.05, 3.63) is 58.2 Å². The molecule has 1 saturated carbocycles. The standard InChI is InChI=1S/C20H26FN3O/c1-13(2)17(14(3)18(22-5)24-20(4)10-11-20)19(25)23-12-15-8-6-7-9-16(15)21/h6-9,24H,5,10-12H2,1-4H3,(H,23,25)/b18-14-. The van der Waals surface area contributed by atoms with Crippen LogP contribution in [0.1, 0.15) is 46.1 Å². The van der Waals surface area contributed by atoms with Crippen LogP contribution in [0.2, 0.25) is 0 Å². The lowest BCUT2D eigenvalue weighted by Crippen LogP contribution is -2.30. The van der Waals surface area contributed by atoms with Gasteiger partial charge in [0, 0.05) is 28.8 Å². The van der Waals surface area contributed by atoms with Gasteiger partial charge in [0.1, 0.15) is 11.6 Å². The Morgan fingerprint density at radius 2 is 1.92 bits per heavy atom. The molecule has 0 heterocycles. The van der Waals surface area contributed by atoms with Crippen molar-refractivity contribution < 1.29 is 9.18 Å². The second-order valence-electron chi connectivity index (χ2n) is 6.97. The molecule has 0 bridgehead atoms. The summed E-state index contributed by atoms with van der Waals surface area (Å²) in [5, 5.41) is 6.16. The highest BCUT2D eigenvalue weighted by Crippen LogP contribution is 2.36. The molecule has 0 spiro atoms. The number of carbonyl (C=O) groups excluding carboxylic acids is 1. The number of halogens is 1. The lowest BCUT2D eigenvalue weighted by atomic mass is 10.0. The summed E-state index contributed by atoms with van der Waals surface area (Å²) in [7, 11) is 0. The molecule has 1 amide bonds. The van der Waals surface area contributed by atoms with E-state index < -0.39 is 0 Å². The van der Waals surface area contributed by atoms with E-state index >= 15 is 0 Å². The summed E-state index contributed by atoms with van der Waals surface area (Å²) in [4.78, 5) is 16.8. The Morgan fingerprint density at radius 3 is 2.44 bits per heavy atom. The fourth-order valence-electron chi connectivity index (χ4n) is 2.65. The highest BCUT2D eigenvalue weighted by Gasteiger charge is 2.38. The summed E-state index contributed by atoms with van der Waals surface area (Å²) in [6.45, 7) is 11.5. The summed E-state index contributed by atoms with van der Waals surface area (Å²) in [5.74, 6) is 0.0486. The third kappa shape index (κ3) is 4.78. The fraction of sp³-hybridized carbons (Fsp3) is 0.400. The first-order valence-corrected chi connectivity index (χ1v) is 8.42. The van der Waals surface area contributed by atoms with Gasteiger partial charge in [-0.2, -0.15) is 0 Å². The Hall–Kier alpha value is -2.43. The summed E-state index contributed by atoms with van der Waals surface area (Å²) in [5.41, 5.74) is 2.65. The second kappa shape index (κ2) is 7.64. The first-order valence-electron chi connectivity index (χ1n) is 8.42. The van der Waals surface area contributed by atoms with Crippen LogP contribution in [-0.2, 0) is 11.3 Å². The number of aliphatic imine (C=N–C) groups is 1. The van der Waals surface area contributed by atoms with Crippen molar-refractivity contribution in [1.82, 2.24) is 10.6 Å². The normalized spacial score (nSPS) is 15.7. The number of carbonyl (C=O) groups is 1. The molecule has 0 atom stereocenters. The predicted molar refractivity (Wildman–Crippen MR) is 99.6 cm³/mol. The van der Waals surface area contributed by atoms with Gasteiger partial charge in [-0.3, -0.25) is 4.79 Å². The number of nitrogens with one attached hydrogen (secondary N) is 2. The molecule has 5 heteroatoms. The van der Waals surface area contributed by atoms with Crippen LogP contribution >= 0.6 is 0 Å². The van der Waals surface area contributed by atoms with E-state index in [4.69, 9.17) is 0 Å². The van der Waals surface area contributed by atoms with Gasteiger partial charge in [-0.15, -0.1) is 0 Å². The minimum absolute atomic E-state index is 0.0359. The molecule has 1 aromatic rings. The number of rotatable bonds is 7. The van der Waals surface area contributed by atoms with E-state index in [2.05, 4.69) is 29.3 Å². The molecule has 0 aromatic heterocycles. The minimum atomic E-state index is -0.328. The molecule has 4 nitrogen and oxygen atoms in total. The second-order valence-corrected chi connectivity index (χ2v) is 6.97. The van der Waals surface area contributed by atoms with Crippen molar-refractivity contribution in [2.24, 2.45) is 4.99 Å². The van der Waals surface area contributed by atoms with Gasteiger partial charge in [-0.25, -0.2) is 9.38 Å². The van der Waals surface area contributed by atoms with Crippen molar-refractivity contribution in [1.29, 1.82) is 0 Å². The predicted octanol–water partition coefficient (Wildman–Crippen LogP) is 3.85. The van der Waals surface area contributed by atoms with Crippen LogP contribution in [0, 0.1) is 5.82 Å². The van der Waals surface area contributed by atoms with Crippen LogP contribution < -0.4 is 10.6 Å². The zero-order valence-electron chi connectivity index (χ0n) is 15.4. The van der Waals surface area contributed by atoms with E-state index in [1.54, 1.807) is 18.2 Å². The highest BCUT2D eigenvalue weighted by atomic mass is 19.1. The van der Waals surface area contributed by atoms with Gasteiger partial charge in [-0.1, -0.05) is 23.8 Å². The molecule has 1 aliphatic rings. The van der Waals surface area contributed by atoms with E-state index in [0.717, 1.165) is 24.0 Å². The number of benzene rings is 1. The molecule has 1 fully saturated rings. The quantitative estimate of drug-likeness (QED) is 0.449. The first kappa shape index (κ1) is 18.9. The van der Waals surface area contributed by atoms with Crippen LogP contribution in [0.25, 0.3) is 0 Å². The van der Waals surface area contributed by atoms with Crippen molar-refractivity contribution in [2.75, 3.05) is 0 Å². The van der Waals surface area contributed by atoms with Gasteiger partial charge < -0.3 is 10.6 Å². The van der Waals surface area contributed by atoms with Crippen LogP contribution in [0.3, 0.4) is 0 Å². The number of allylic oxidation sites excluding steroid dienone is 1. The van der Waals surface area contributed by atoms with Crippen LogP contribution in [0.5, 0.6) is 0 Å². The van der Waals surface area contributed by atoms with Crippen LogP contribution in [0.4, 0.5) is 4.39 Å². The average molecular weight is 343 g/mol. The Labute approximate surface area is 148 Å². The van der Waals surface area contributed by atoms with Crippen molar-refractivity contribution in [3.8, 4) is 0 Å². The molecule has 134 valence electrons. The summed E-state index contributed by atoms with van der Waals surface area (Å²) >= 11 is 0. The topological polar surface area (TPSA) is 53.5 Å². The van der Waals surface area contributed by atoms with Crippen molar-refractivity contribution in [2.45, 2.75) is 52.6 Å². The Kier molecular flexibility index (Phi) is 5.77. The third-order valence-electron chi connectivity index (χ3n) is 4.43. The monoisotopic (exact) mass is 343 g/mol. The molecule has 2 N–H and O–H groups in total. The van der Waals surface area contributed by atoms with Crippen LogP contribution in [0.15, 0.2) is 51.8 Å². The molecular weight excluding hydrogens is 317 g/mol. The number of hydrogen-bond donors (Lipinski definition) is 2. The van der Waals surface area contributed by atoms with E-state index in [-0.39, 0.29) is 23.8 Å². The molecule has 1 aromatic carbocycles. The smallest absolute Gasteiger partial charge is 0.251 e. The van der Waals surface area contributed by atoms with Crippen LogP contribution in [-0.4, -0.2) is 18.2 Å². The zero-order chi connectivity index (χ0) is 18.6. The van der Waals surface area contributed by atoms with Gasteiger partial charge in [0.2, 0.25) is 0 Å². The molecule has 0 saturated heterocycles. The molecule has 2 rings (SSSR count). The number of nitrogens with zero attached hydrogens (tertiary/aromatic N) is 1. The summed E-state index contributed by atoms with van der Waals surface area (Å²) in [6, 6.07) is 6.42. The largest absolute Gasteiger partial charge is 0.365 e. The Balaban J connectivity index is 2.19. The molecule has 25 heavy (non-hydrogen) atoms. The van der Waals surface area contributed by atoms with Crippen molar-refractivity contribution >= 4 is 12.6 Å². The van der Waals surface area contributed by atoms with E-state index in [1.807, 2.05) is 20.8 Å². The fourth-order valence-corrected chi connectivity index (χ4v) is 2.65. The Morgan fingerprint density at radius 1 is 1.28 bits per heavy atom. The average Bonchev–Trinajstić information content (AvgIpc) is 3.29. The molecule has 0 unspecified atom stereocenters. The number of hydrogen-bond acceptors (Lipinski definition) is 3. The third-order valence-corrected chi connectivity index (χ3v) is 4.43. The molecule has 0 aliphatic heterocycles. The van der Waals surface area contributed by atoms with Gasteiger partial charge in [0.25, 0.3) is 5.91 Å². The lowest BCUT2D eigenvalue weighted by Gasteiger charge is -2.18. The molecule has 0 radical (unpaired) electrons. The number of amides is 1. The minimum Gasteiger partial charge on any atom is -0.365 e. The van der Waals surface area contributed by atoms with Gasteiger partial charge in [-0.05, 0) is 53.3 Å². The van der Waals surface area contributed by atoms with Gasteiger partial charge in [0.05, 0.1) is 0 Å². The summed E-state index contributed by atoms with van der Waals surface area (Å²) in [6.07, 6.45) is 2.14. The van der Waals surface area contributed by atoms with Crippen molar-refractivity contribution in [3.63, 3.8) is 0 Å². The van der Waals surface area contributed by atoms with Gasteiger partial charge in [0.15, 0.2) is 0 Å². The lowest BCUT2D eigenvalue weighted by molar-refractivity contribution is -0.117.